The van der Waals surface area contributed by atoms with Gasteiger partial charge in [-0.25, -0.2) is 4.39 Å². The molecule has 2 rings (SSSR count). The van der Waals surface area contributed by atoms with Gasteiger partial charge in [-0.15, -0.1) is 0 Å². The highest BCUT2D eigenvalue weighted by molar-refractivity contribution is 7.08. The van der Waals surface area contributed by atoms with Crippen LogP contribution >= 0.6 is 11.3 Å². The van der Waals surface area contributed by atoms with E-state index in [9.17, 15) is 4.39 Å². The van der Waals surface area contributed by atoms with Gasteiger partial charge < -0.3 is 0 Å². The Morgan fingerprint density at radius 2 is 2.07 bits per heavy atom. The van der Waals surface area contributed by atoms with Gasteiger partial charge in [0.25, 0.3) is 0 Å². The highest BCUT2D eigenvalue weighted by atomic mass is 32.1. The summed E-state index contributed by atoms with van der Waals surface area (Å²) in [6.07, 6.45) is 1.53. The van der Waals surface area contributed by atoms with E-state index < -0.39 is 0 Å². The van der Waals surface area contributed by atoms with Gasteiger partial charge in [0.15, 0.2) is 0 Å². The molecule has 0 atom stereocenters. The van der Waals surface area contributed by atoms with Crippen LogP contribution in [0.2, 0.25) is 0 Å². The van der Waals surface area contributed by atoms with Gasteiger partial charge in [0.1, 0.15) is 5.82 Å². The molecule has 0 bridgehead atoms. The fourth-order valence-corrected chi connectivity index (χ4v) is 1.97. The Bertz CT molecular complexity index is 443. The molecule has 0 saturated heterocycles. The lowest BCUT2D eigenvalue weighted by Crippen LogP contribution is -1.82. The second kappa shape index (κ2) is 3.76. The van der Waals surface area contributed by atoms with Gasteiger partial charge in [0, 0.05) is 5.56 Å². The number of hydrogen-bond donors (Lipinski definition) is 0. The Balaban J connectivity index is 2.51. The quantitative estimate of drug-likeness (QED) is 0.687. The van der Waals surface area contributed by atoms with Gasteiger partial charge >= 0.3 is 0 Å². The van der Waals surface area contributed by atoms with Crippen LogP contribution in [0.1, 0.15) is 5.56 Å². The summed E-state index contributed by atoms with van der Waals surface area (Å²) in [7, 11) is 0. The molecule has 0 fully saturated rings. The van der Waals surface area contributed by atoms with E-state index >= 15 is 0 Å². The first-order chi connectivity index (χ1) is 6.81. The van der Waals surface area contributed by atoms with Crippen molar-refractivity contribution in [2.45, 2.75) is 0 Å². The Hall–Kier alpha value is -1.41. The molecule has 1 heterocycles. The molecule has 1 aromatic heterocycles. The molecule has 2 heteroatoms. The van der Waals surface area contributed by atoms with Crippen molar-refractivity contribution in [3.8, 4) is 11.1 Å². The summed E-state index contributed by atoms with van der Waals surface area (Å²) >= 11 is 1.63. The van der Waals surface area contributed by atoms with Crippen molar-refractivity contribution in [1.82, 2.24) is 0 Å². The van der Waals surface area contributed by atoms with E-state index in [-0.39, 0.29) is 5.82 Å². The van der Waals surface area contributed by atoms with E-state index in [2.05, 4.69) is 6.58 Å². The maximum atomic E-state index is 13.1. The van der Waals surface area contributed by atoms with Crippen LogP contribution in [-0.4, -0.2) is 0 Å². The highest BCUT2D eigenvalue weighted by Crippen LogP contribution is 2.24. The predicted molar refractivity (Wildman–Crippen MR) is 59.8 cm³/mol. The lowest BCUT2D eigenvalue weighted by Gasteiger charge is -2.01. The molecule has 1 aromatic carbocycles. The number of halogens is 1. The van der Waals surface area contributed by atoms with Crippen molar-refractivity contribution in [1.29, 1.82) is 0 Å². The SMILES string of the molecule is C=Cc1cc(-c2ccsc2)ccc1F. The van der Waals surface area contributed by atoms with Gasteiger partial charge in [-0.1, -0.05) is 18.7 Å². The largest absolute Gasteiger partial charge is 0.206 e. The zero-order chi connectivity index (χ0) is 9.97. The lowest BCUT2D eigenvalue weighted by atomic mass is 10.1. The number of hydrogen-bond acceptors (Lipinski definition) is 1. The minimum Gasteiger partial charge on any atom is -0.206 e. The zero-order valence-electron chi connectivity index (χ0n) is 7.53. The summed E-state index contributed by atoms with van der Waals surface area (Å²) in [6.45, 7) is 3.58. The van der Waals surface area contributed by atoms with Crippen LogP contribution in [0.25, 0.3) is 17.2 Å². The molecule has 0 saturated carbocycles. The molecule has 2 aromatic rings. The predicted octanol–water partition coefficient (Wildman–Crippen LogP) is 4.20. The van der Waals surface area contributed by atoms with Crippen molar-refractivity contribution >= 4 is 17.4 Å². The minimum atomic E-state index is -0.223. The first-order valence-electron chi connectivity index (χ1n) is 4.26. The second-order valence-electron chi connectivity index (χ2n) is 2.95. The summed E-state index contributed by atoms with van der Waals surface area (Å²) in [4.78, 5) is 0. The molecule has 0 N–H and O–H groups in total. The Labute approximate surface area is 86.3 Å². The van der Waals surface area contributed by atoms with E-state index in [1.54, 1.807) is 17.4 Å². The maximum absolute atomic E-state index is 13.1. The third kappa shape index (κ3) is 1.61. The van der Waals surface area contributed by atoms with Crippen LogP contribution in [0.4, 0.5) is 4.39 Å². The van der Waals surface area contributed by atoms with Gasteiger partial charge in [0.05, 0.1) is 0 Å². The topological polar surface area (TPSA) is 0 Å². The van der Waals surface area contributed by atoms with Gasteiger partial charge in [-0.2, -0.15) is 11.3 Å². The fraction of sp³-hybridized carbons (Fsp3) is 0. The van der Waals surface area contributed by atoms with Gasteiger partial charge in [0.2, 0.25) is 0 Å². The van der Waals surface area contributed by atoms with Crippen LogP contribution in [0.5, 0.6) is 0 Å². The average Bonchev–Trinajstić information content (AvgIpc) is 2.71. The van der Waals surface area contributed by atoms with Crippen LogP contribution in [-0.2, 0) is 0 Å². The molecule has 0 aliphatic heterocycles. The van der Waals surface area contributed by atoms with Crippen molar-refractivity contribution < 1.29 is 4.39 Å². The smallest absolute Gasteiger partial charge is 0.130 e. The maximum Gasteiger partial charge on any atom is 0.130 e. The van der Waals surface area contributed by atoms with Crippen molar-refractivity contribution in [3.63, 3.8) is 0 Å². The standard InChI is InChI=1S/C12H9FS/c1-2-9-7-10(3-4-12(9)13)11-5-6-14-8-11/h2-8H,1H2. The van der Waals surface area contributed by atoms with E-state index in [0.717, 1.165) is 11.1 Å². The van der Waals surface area contributed by atoms with Crippen molar-refractivity contribution in [2.75, 3.05) is 0 Å². The second-order valence-corrected chi connectivity index (χ2v) is 3.73. The van der Waals surface area contributed by atoms with Crippen LogP contribution in [0.15, 0.2) is 41.6 Å². The molecule has 0 spiro atoms. The van der Waals surface area contributed by atoms with Crippen molar-refractivity contribution in [2.24, 2.45) is 0 Å². The minimum absolute atomic E-state index is 0.223. The van der Waals surface area contributed by atoms with Gasteiger partial charge in [-0.3, -0.25) is 0 Å². The normalized spacial score (nSPS) is 10.1. The van der Waals surface area contributed by atoms with Crippen LogP contribution in [0.3, 0.4) is 0 Å². The average molecular weight is 204 g/mol. The number of thiophene rings is 1. The molecule has 0 radical (unpaired) electrons. The van der Waals surface area contributed by atoms with E-state index in [0.29, 0.717) is 5.56 Å². The molecule has 0 nitrogen and oxygen atoms in total. The third-order valence-corrected chi connectivity index (χ3v) is 2.75. The molecule has 14 heavy (non-hydrogen) atoms. The Morgan fingerprint density at radius 1 is 1.21 bits per heavy atom. The monoisotopic (exact) mass is 204 g/mol. The number of rotatable bonds is 2. The molecule has 70 valence electrons. The third-order valence-electron chi connectivity index (χ3n) is 2.07. The lowest BCUT2D eigenvalue weighted by molar-refractivity contribution is 0.625. The zero-order valence-corrected chi connectivity index (χ0v) is 8.35. The van der Waals surface area contributed by atoms with E-state index in [4.69, 9.17) is 0 Å². The highest BCUT2D eigenvalue weighted by Gasteiger charge is 2.02. The molecular formula is C12H9FS. The molecular weight excluding hydrogens is 195 g/mol. The molecule has 0 unspecified atom stereocenters. The van der Waals surface area contributed by atoms with Gasteiger partial charge in [-0.05, 0) is 40.1 Å². The van der Waals surface area contributed by atoms with Crippen LogP contribution in [0, 0.1) is 5.82 Å². The first kappa shape index (κ1) is 9.16. The molecule has 0 aliphatic carbocycles. The van der Waals surface area contributed by atoms with Crippen molar-refractivity contribution in [3.05, 3.63) is 53.0 Å². The fourth-order valence-electron chi connectivity index (χ4n) is 1.31. The summed E-state index contributed by atoms with van der Waals surface area (Å²) in [5, 5.41) is 4.05. The number of benzene rings is 1. The summed E-state index contributed by atoms with van der Waals surface area (Å²) in [5.41, 5.74) is 2.70. The van der Waals surface area contributed by atoms with Crippen LogP contribution < -0.4 is 0 Å². The Kier molecular flexibility index (Phi) is 2.46. The summed E-state index contributed by atoms with van der Waals surface area (Å²) < 4.78 is 13.1. The summed E-state index contributed by atoms with van der Waals surface area (Å²) in [6, 6.07) is 7.09. The summed E-state index contributed by atoms with van der Waals surface area (Å²) in [5.74, 6) is -0.223. The van der Waals surface area contributed by atoms with E-state index in [1.165, 1.54) is 12.1 Å². The first-order valence-corrected chi connectivity index (χ1v) is 5.20. The Morgan fingerprint density at radius 3 is 2.71 bits per heavy atom. The molecule has 0 aliphatic rings. The van der Waals surface area contributed by atoms with E-state index in [1.807, 2.05) is 22.9 Å². The molecule has 0 amide bonds.